The maximum Gasteiger partial charge on any atom is 0.171 e. The van der Waals surface area contributed by atoms with Crippen LogP contribution in [0.1, 0.15) is 43.6 Å². The van der Waals surface area contributed by atoms with Gasteiger partial charge in [0, 0.05) is 5.41 Å². The van der Waals surface area contributed by atoms with E-state index in [2.05, 4.69) is 0 Å². The molecule has 2 heteroatoms. The molecule has 0 atom stereocenters. The minimum atomic E-state index is -0.535. The van der Waals surface area contributed by atoms with Crippen LogP contribution in [0.15, 0.2) is 18.2 Å². The Morgan fingerprint density at radius 3 is 2.40 bits per heavy atom. The van der Waals surface area contributed by atoms with Gasteiger partial charge in [-0.15, -0.1) is 0 Å². The summed E-state index contributed by atoms with van der Waals surface area (Å²) >= 11 is 0. The molecule has 0 aliphatic carbocycles. The van der Waals surface area contributed by atoms with E-state index in [1.807, 2.05) is 6.92 Å². The zero-order chi connectivity index (χ0) is 11.6. The van der Waals surface area contributed by atoms with Gasteiger partial charge >= 0.3 is 0 Å². The zero-order valence-electron chi connectivity index (χ0n) is 9.73. The number of Topliss-reactive ketones (excluding diaryl/α,β-unsaturated/α-hetero) is 1. The van der Waals surface area contributed by atoms with Crippen molar-refractivity contribution in [3.63, 3.8) is 0 Å². The number of carbonyl (C=O) groups is 1. The normalized spacial score (nSPS) is 11.5. The number of hydrogen-bond donors (Lipinski definition) is 0. The maximum absolute atomic E-state index is 13.5. The number of aryl methyl sites for hydroxylation is 1. The standard InChI is InChI=1S/C13H17FO/c1-5-9-6-7-11(14)10(8-9)12(15)13(2,3)4/h6-8H,5H2,1-4H3. The van der Waals surface area contributed by atoms with Gasteiger partial charge in [-0.05, 0) is 24.1 Å². The lowest BCUT2D eigenvalue weighted by molar-refractivity contribution is 0.0854. The van der Waals surface area contributed by atoms with Gasteiger partial charge in [-0.3, -0.25) is 4.79 Å². The summed E-state index contributed by atoms with van der Waals surface area (Å²) in [5.41, 5.74) is 0.665. The predicted molar refractivity (Wildman–Crippen MR) is 59.6 cm³/mol. The first-order valence-electron chi connectivity index (χ1n) is 5.19. The van der Waals surface area contributed by atoms with Gasteiger partial charge in [-0.2, -0.15) is 0 Å². The van der Waals surface area contributed by atoms with Crippen LogP contribution in [0.5, 0.6) is 0 Å². The number of ketones is 1. The molecule has 0 saturated heterocycles. The van der Waals surface area contributed by atoms with Crippen LogP contribution >= 0.6 is 0 Å². The van der Waals surface area contributed by atoms with E-state index in [9.17, 15) is 9.18 Å². The van der Waals surface area contributed by atoms with Crippen LogP contribution in [-0.2, 0) is 6.42 Å². The topological polar surface area (TPSA) is 17.1 Å². The summed E-state index contributed by atoms with van der Waals surface area (Å²) in [6.07, 6.45) is 0.810. The van der Waals surface area contributed by atoms with E-state index in [1.54, 1.807) is 32.9 Å². The summed E-state index contributed by atoms with van der Waals surface area (Å²) in [5, 5.41) is 0. The van der Waals surface area contributed by atoms with Crippen LogP contribution < -0.4 is 0 Å². The number of hydrogen-bond acceptors (Lipinski definition) is 1. The first-order chi connectivity index (χ1) is 6.86. The third-order valence-electron chi connectivity index (χ3n) is 2.36. The number of carbonyl (C=O) groups excluding carboxylic acids is 1. The fraction of sp³-hybridized carbons (Fsp3) is 0.462. The van der Waals surface area contributed by atoms with Crippen molar-refractivity contribution in [3.8, 4) is 0 Å². The number of benzene rings is 1. The van der Waals surface area contributed by atoms with Crippen molar-refractivity contribution in [3.05, 3.63) is 35.1 Å². The highest BCUT2D eigenvalue weighted by Crippen LogP contribution is 2.23. The quantitative estimate of drug-likeness (QED) is 0.678. The molecule has 0 spiro atoms. The van der Waals surface area contributed by atoms with Gasteiger partial charge in [-0.25, -0.2) is 4.39 Å². The van der Waals surface area contributed by atoms with E-state index in [1.165, 1.54) is 6.07 Å². The van der Waals surface area contributed by atoms with Gasteiger partial charge < -0.3 is 0 Å². The lowest BCUT2D eigenvalue weighted by Crippen LogP contribution is -2.21. The van der Waals surface area contributed by atoms with Crippen LogP contribution in [0.25, 0.3) is 0 Å². The minimum absolute atomic E-state index is 0.143. The highest BCUT2D eigenvalue weighted by Gasteiger charge is 2.25. The molecule has 0 N–H and O–H groups in total. The molecule has 1 nitrogen and oxygen atoms in total. The van der Waals surface area contributed by atoms with E-state index in [0.29, 0.717) is 0 Å². The molecule has 0 aliphatic heterocycles. The van der Waals surface area contributed by atoms with Crippen LogP contribution in [0.3, 0.4) is 0 Å². The van der Waals surface area contributed by atoms with Crippen molar-refractivity contribution >= 4 is 5.78 Å². The molecule has 0 aliphatic rings. The summed E-state index contributed by atoms with van der Waals surface area (Å²) in [5.74, 6) is -0.567. The van der Waals surface area contributed by atoms with Crippen molar-refractivity contribution in [2.45, 2.75) is 34.1 Å². The lowest BCUT2D eigenvalue weighted by atomic mass is 9.86. The van der Waals surface area contributed by atoms with Gasteiger partial charge in [0.1, 0.15) is 5.82 Å². The smallest absolute Gasteiger partial charge is 0.171 e. The molecule has 1 aromatic carbocycles. The van der Waals surface area contributed by atoms with E-state index in [0.717, 1.165) is 12.0 Å². The molecule has 0 saturated carbocycles. The maximum atomic E-state index is 13.5. The van der Waals surface area contributed by atoms with E-state index < -0.39 is 11.2 Å². The van der Waals surface area contributed by atoms with Gasteiger partial charge in [0.2, 0.25) is 0 Å². The van der Waals surface area contributed by atoms with Gasteiger partial charge in [0.25, 0.3) is 0 Å². The summed E-state index contributed by atoms with van der Waals surface area (Å²) in [7, 11) is 0. The Bertz CT molecular complexity index is 375. The van der Waals surface area contributed by atoms with Crippen LogP contribution in [0, 0.1) is 11.2 Å². The van der Waals surface area contributed by atoms with Crippen LogP contribution in [0.4, 0.5) is 4.39 Å². The van der Waals surface area contributed by atoms with Crippen molar-refractivity contribution in [1.82, 2.24) is 0 Å². The van der Waals surface area contributed by atoms with Crippen molar-refractivity contribution in [1.29, 1.82) is 0 Å². The van der Waals surface area contributed by atoms with Crippen molar-refractivity contribution in [2.75, 3.05) is 0 Å². The summed E-state index contributed by atoms with van der Waals surface area (Å²) < 4.78 is 13.5. The first kappa shape index (κ1) is 11.9. The summed E-state index contributed by atoms with van der Waals surface area (Å²) in [6, 6.07) is 4.75. The van der Waals surface area contributed by atoms with Gasteiger partial charge in [0.15, 0.2) is 5.78 Å². The van der Waals surface area contributed by atoms with Crippen molar-refractivity contribution < 1.29 is 9.18 Å². The summed E-state index contributed by atoms with van der Waals surface area (Å²) in [6.45, 7) is 7.38. The van der Waals surface area contributed by atoms with Gasteiger partial charge in [-0.1, -0.05) is 33.8 Å². The fourth-order valence-corrected chi connectivity index (χ4v) is 1.37. The Hall–Kier alpha value is -1.18. The van der Waals surface area contributed by atoms with Crippen LogP contribution in [0.2, 0.25) is 0 Å². The Morgan fingerprint density at radius 2 is 1.93 bits per heavy atom. The second kappa shape index (κ2) is 4.13. The average molecular weight is 208 g/mol. The van der Waals surface area contributed by atoms with Crippen molar-refractivity contribution in [2.24, 2.45) is 5.41 Å². The molecular formula is C13H17FO. The molecule has 0 heterocycles. The Morgan fingerprint density at radius 1 is 1.33 bits per heavy atom. The van der Waals surface area contributed by atoms with Crippen LogP contribution in [-0.4, -0.2) is 5.78 Å². The molecule has 0 unspecified atom stereocenters. The lowest BCUT2D eigenvalue weighted by Gasteiger charge is -2.17. The molecule has 0 aromatic heterocycles. The SMILES string of the molecule is CCc1ccc(F)c(C(=O)C(C)(C)C)c1. The monoisotopic (exact) mass is 208 g/mol. The van der Waals surface area contributed by atoms with Gasteiger partial charge in [0.05, 0.1) is 5.56 Å². The minimum Gasteiger partial charge on any atom is -0.293 e. The largest absolute Gasteiger partial charge is 0.293 e. The third kappa shape index (κ3) is 2.65. The predicted octanol–water partition coefficient (Wildman–Crippen LogP) is 3.62. The highest BCUT2D eigenvalue weighted by atomic mass is 19.1. The highest BCUT2D eigenvalue weighted by molar-refractivity contribution is 6.00. The molecule has 15 heavy (non-hydrogen) atoms. The molecule has 0 amide bonds. The molecule has 82 valence electrons. The zero-order valence-corrected chi connectivity index (χ0v) is 9.73. The Labute approximate surface area is 90.3 Å². The molecule has 0 radical (unpaired) electrons. The fourth-order valence-electron chi connectivity index (χ4n) is 1.37. The average Bonchev–Trinajstić information content (AvgIpc) is 2.16. The first-order valence-corrected chi connectivity index (χ1v) is 5.19. The second-order valence-corrected chi connectivity index (χ2v) is 4.75. The molecule has 0 fully saturated rings. The molecule has 0 bridgehead atoms. The number of halogens is 1. The third-order valence-corrected chi connectivity index (χ3v) is 2.36. The van der Waals surface area contributed by atoms with E-state index in [4.69, 9.17) is 0 Å². The number of rotatable bonds is 2. The molecular weight excluding hydrogens is 191 g/mol. The second-order valence-electron chi connectivity index (χ2n) is 4.75. The van der Waals surface area contributed by atoms with E-state index in [-0.39, 0.29) is 11.3 Å². The van der Waals surface area contributed by atoms with E-state index >= 15 is 0 Å². The molecule has 1 rings (SSSR count). The molecule has 1 aromatic rings. The Kier molecular flexibility index (Phi) is 3.28. The Balaban J connectivity index is 3.19. The summed E-state index contributed by atoms with van der Waals surface area (Å²) in [4.78, 5) is 11.9.